The molecular formula is C22H34IN5S. The summed E-state index contributed by atoms with van der Waals surface area (Å²) in [7, 11) is 1.82. The second-order valence-electron chi connectivity index (χ2n) is 7.33. The molecule has 2 N–H and O–H groups in total. The summed E-state index contributed by atoms with van der Waals surface area (Å²) in [6.45, 7) is 12.9. The lowest BCUT2D eigenvalue weighted by Crippen LogP contribution is -2.45. The van der Waals surface area contributed by atoms with Crippen LogP contribution in [0.15, 0.2) is 40.7 Å². The number of piperazine rings is 1. The fourth-order valence-corrected chi connectivity index (χ4v) is 4.29. The monoisotopic (exact) mass is 527 g/mol. The van der Waals surface area contributed by atoms with Crippen LogP contribution in [0, 0.1) is 6.92 Å². The molecule has 2 aromatic rings. The van der Waals surface area contributed by atoms with Gasteiger partial charge in [0.05, 0.1) is 6.54 Å². The number of benzene rings is 1. The summed E-state index contributed by atoms with van der Waals surface area (Å²) in [6.07, 6.45) is 0. The first kappa shape index (κ1) is 24.1. The molecule has 0 aliphatic carbocycles. The number of halogens is 1. The molecular weight excluding hydrogens is 493 g/mol. The zero-order valence-electron chi connectivity index (χ0n) is 17.8. The van der Waals surface area contributed by atoms with Gasteiger partial charge in [-0.3, -0.25) is 9.89 Å². The average Bonchev–Trinajstić information content (AvgIpc) is 3.14. The van der Waals surface area contributed by atoms with E-state index in [-0.39, 0.29) is 24.0 Å². The van der Waals surface area contributed by atoms with Gasteiger partial charge in [0, 0.05) is 51.2 Å². The van der Waals surface area contributed by atoms with E-state index in [0.29, 0.717) is 0 Å². The Morgan fingerprint density at radius 1 is 0.966 bits per heavy atom. The number of hydrogen-bond donors (Lipinski definition) is 2. The highest BCUT2D eigenvalue weighted by atomic mass is 127. The first-order valence-electron chi connectivity index (χ1n) is 10.2. The minimum atomic E-state index is 0. The van der Waals surface area contributed by atoms with Crippen LogP contribution in [0.3, 0.4) is 0 Å². The lowest BCUT2D eigenvalue weighted by molar-refractivity contribution is 0.132. The lowest BCUT2D eigenvalue weighted by Gasteiger charge is -2.34. The van der Waals surface area contributed by atoms with Crippen molar-refractivity contribution >= 4 is 41.3 Å². The average molecular weight is 528 g/mol. The third kappa shape index (κ3) is 7.55. The summed E-state index contributed by atoms with van der Waals surface area (Å²) in [6, 6.07) is 11.1. The Hall–Kier alpha value is -1.16. The van der Waals surface area contributed by atoms with Crippen LogP contribution in [0.1, 0.15) is 28.5 Å². The second kappa shape index (κ2) is 12.5. The molecule has 1 fully saturated rings. The molecule has 5 nitrogen and oxygen atoms in total. The van der Waals surface area contributed by atoms with Gasteiger partial charge in [0.15, 0.2) is 5.96 Å². The first-order valence-corrected chi connectivity index (χ1v) is 11.1. The number of nitrogens with one attached hydrogen (secondary N) is 2. The summed E-state index contributed by atoms with van der Waals surface area (Å²) in [5.41, 5.74) is 4.00. The van der Waals surface area contributed by atoms with E-state index >= 15 is 0 Å². The fraction of sp³-hybridized carbons (Fsp3) is 0.500. The van der Waals surface area contributed by atoms with Crippen LogP contribution >= 0.6 is 35.3 Å². The van der Waals surface area contributed by atoms with E-state index in [0.717, 1.165) is 25.6 Å². The summed E-state index contributed by atoms with van der Waals surface area (Å²) >= 11 is 1.78. The van der Waals surface area contributed by atoms with Crippen LogP contribution in [0.4, 0.5) is 0 Å². The summed E-state index contributed by atoms with van der Waals surface area (Å²) in [5, 5.41) is 8.94. The molecule has 0 spiro atoms. The number of guanidine groups is 1. The van der Waals surface area contributed by atoms with Crippen LogP contribution in [0.25, 0.3) is 0 Å². The van der Waals surface area contributed by atoms with Crippen molar-refractivity contribution in [3.05, 3.63) is 57.3 Å². The van der Waals surface area contributed by atoms with Gasteiger partial charge in [-0.25, -0.2) is 0 Å². The van der Waals surface area contributed by atoms with Crippen molar-refractivity contribution in [3.8, 4) is 0 Å². The molecule has 160 valence electrons. The summed E-state index contributed by atoms with van der Waals surface area (Å²) in [4.78, 5) is 10.8. The smallest absolute Gasteiger partial charge is 0.191 e. The normalized spacial score (nSPS) is 15.8. The van der Waals surface area contributed by atoms with Crippen molar-refractivity contribution in [3.63, 3.8) is 0 Å². The Bertz CT molecular complexity index is 751. The van der Waals surface area contributed by atoms with Gasteiger partial charge in [0.2, 0.25) is 0 Å². The number of likely N-dealkylation sites (N-methyl/N-ethyl adjacent to an activating group) is 1. The second-order valence-corrected chi connectivity index (χ2v) is 8.33. The van der Waals surface area contributed by atoms with Crippen LogP contribution in [-0.2, 0) is 19.6 Å². The van der Waals surface area contributed by atoms with Crippen LogP contribution < -0.4 is 10.6 Å². The molecule has 7 heteroatoms. The Morgan fingerprint density at radius 2 is 1.59 bits per heavy atom. The highest BCUT2D eigenvalue weighted by Gasteiger charge is 2.15. The summed E-state index contributed by atoms with van der Waals surface area (Å²) in [5.74, 6) is 0.839. The Morgan fingerprint density at radius 3 is 2.17 bits per heavy atom. The predicted molar refractivity (Wildman–Crippen MR) is 135 cm³/mol. The molecule has 1 aromatic heterocycles. The van der Waals surface area contributed by atoms with Gasteiger partial charge in [-0.2, -0.15) is 0 Å². The van der Waals surface area contributed by atoms with E-state index in [2.05, 4.69) is 75.0 Å². The van der Waals surface area contributed by atoms with E-state index in [1.165, 1.54) is 54.3 Å². The van der Waals surface area contributed by atoms with E-state index in [9.17, 15) is 0 Å². The minimum Gasteiger partial charge on any atom is -0.352 e. The van der Waals surface area contributed by atoms with Crippen molar-refractivity contribution < 1.29 is 0 Å². The molecule has 0 atom stereocenters. The maximum absolute atomic E-state index is 4.33. The number of nitrogens with zero attached hydrogens (tertiary/aromatic N) is 3. The number of rotatable bonds is 7. The van der Waals surface area contributed by atoms with Gasteiger partial charge in [0.25, 0.3) is 0 Å². The predicted octanol–water partition coefficient (Wildman–Crippen LogP) is 3.68. The number of aryl methyl sites for hydroxylation is 1. The zero-order valence-corrected chi connectivity index (χ0v) is 20.9. The summed E-state index contributed by atoms with van der Waals surface area (Å²) < 4.78 is 0. The molecule has 1 saturated heterocycles. The fourth-order valence-electron chi connectivity index (χ4n) is 3.44. The number of hydrogen-bond acceptors (Lipinski definition) is 4. The molecule has 1 aliphatic heterocycles. The standard InChI is InChI=1S/C22H33N5S.HI/c1-4-26-10-12-27(13-11-26)17-20-7-5-19(6-8-20)15-24-22(23-3)25-16-21-18(2)9-14-28-21;/h5-9,14H,4,10-13,15-17H2,1-3H3,(H2,23,24,25);1H. The first-order chi connectivity index (χ1) is 13.7. The third-order valence-corrected chi connectivity index (χ3v) is 6.43. The van der Waals surface area contributed by atoms with E-state index in [4.69, 9.17) is 0 Å². The van der Waals surface area contributed by atoms with Crippen molar-refractivity contribution in [1.82, 2.24) is 20.4 Å². The van der Waals surface area contributed by atoms with Gasteiger partial charge in [-0.1, -0.05) is 31.2 Å². The maximum Gasteiger partial charge on any atom is 0.191 e. The van der Waals surface area contributed by atoms with Crippen molar-refractivity contribution in [2.45, 2.75) is 33.5 Å². The molecule has 3 rings (SSSR count). The zero-order chi connectivity index (χ0) is 19.8. The molecule has 1 aliphatic rings. The molecule has 1 aromatic carbocycles. The van der Waals surface area contributed by atoms with Gasteiger partial charge in [-0.05, 0) is 41.6 Å². The maximum atomic E-state index is 4.33. The van der Waals surface area contributed by atoms with Gasteiger partial charge < -0.3 is 15.5 Å². The Kier molecular flexibility index (Phi) is 10.4. The largest absolute Gasteiger partial charge is 0.352 e. The van der Waals surface area contributed by atoms with Crippen molar-refractivity contribution in [2.24, 2.45) is 4.99 Å². The van der Waals surface area contributed by atoms with Gasteiger partial charge >= 0.3 is 0 Å². The SMILES string of the molecule is CCN1CCN(Cc2ccc(CNC(=NC)NCc3sccc3C)cc2)CC1.I. The van der Waals surface area contributed by atoms with E-state index in [1.807, 2.05) is 7.05 Å². The number of thiophene rings is 1. The van der Waals surface area contributed by atoms with Gasteiger partial charge in [-0.15, -0.1) is 35.3 Å². The molecule has 0 bridgehead atoms. The molecule has 0 unspecified atom stereocenters. The molecule has 0 amide bonds. The highest BCUT2D eigenvalue weighted by molar-refractivity contribution is 14.0. The minimum absolute atomic E-state index is 0. The molecule has 2 heterocycles. The lowest BCUT2D eigenvalue weighted by atomic mass is 10.1. The van der Waals surface area contributed by atoms with Crippen molar-refractivity contribution in [2.75, 3.05) is 39.8 Å². The van der Waals surface area contributed by atoms with Crippen LogP contribution in [0.5, 0.6) is 0 Å². The van der Waals surface area contributed by atoms with Gasteiger partial charge in [0.1, 0.15) is 0 Å². The topological polar surface area (TPSA) is 42.9 Å². The molecule has 29 heavy (non-hydrogen) atoms. The quantitative estimate of drug-likeness (QED) is 0.328. The Balaban J connectivity index is 0.00000300. The van der Waals surface area contributed by atoms with E-state index in [1.54, 1.807) is 11.3 Å². The van der Waals surface area contributed by atoms with Crippen LogP contribution in [0.2, 0.25) is 0 Å². The highest BCUT2D eigenvalue weighted by Crippen LogP contribution is 2.14. The van der Waals surface area contributed by atoms with E-state index < -0.39 is 0 Å². The molecule has 0 saturated carbocycles. The van der Waals surface area contributed by atoms with Crippen molar-refractivity contribution in [1.29, 1.82) is 0 Å². The third-order valence-electron chi connectivity index (χ3n) is 5.41. The Labute approximate surface area is 196 Å². The molecule has 0 radical (unpaired) electrons. The number of aliphatic imine (C=N–C) groups is 1. The van der Waals surface area contributed by atoms with Crippen LogP contribution in [-0.4, -0.2) is 55.5 Å².